The van der Waals surface area contributed by atoms with Crippen LogP contribution in [0.5, 0.6) is 5.88 Å². The van der Waals surface area contributed by atoms with Gasteiger partial charge in [-0.3, -0.25) is 0 Å². The Balaban J connectivity index is 1.75. The predicted octanol–water partition coefficient (Wildman–Crippen LogP) is 3.84. The zero-order valence-corrected chi connectivity index (χ0v) is 19.8. The van der Waals surface area contributed by atoms with E-state index in [1.54, 1.807) is 48.7 Å². The number of amides is 1. The van der Waals surface area contributed by atoms with E-state index in [9.17, 15) is 9.00 Å². The molecule has 1 aromatic carbocycles. The van der Waals surface area contributed by atoms with E-state index in [1.165, 1.54) is 0 Å². The molecule has 0 aliphatic carbocycles. The Morgan fingerprint density at radius 3 is 2.70 bits per heavy atom. The van der Waals surface area contributed by atoms with Gasteiger partial charge in [-0.2, -0.15) is 4.98 Å². The summed E-state index contributed by atoms with van der Waals surface area (Å²) in [6.45, 7) is 2.37. The summed E-state index contributed by atoms with van der Waals surface area (Å²) >= 11 is 1.56. The number of rotatable bonds is 11. The van der Waals surface area contributed by atoms with Crippen molar-refractivity contribution in [1.82, 2.24) is 14.7 Å². The maximum Gasteiger partial charge on any atom is 0.418 e. The van der Waals surface area contributed by atoms with Crippen LogP contribution in [-0.4, -0.2) is 51.1 Å². The molecule has 0 spiro atoms. The average Bonchev–Trinajstić information content (AvgIpc) is 3.32. The molecule has 0 fully saturated rings. The lowest BCUT2D eigenvalue weighted by Gasteiger charge is -2.13. The molecule has 11 heteroatoms. The van der Waals surface area contributed by atoms with Gasteiger partial charge in [-0.25, -0.2) is 18.7 Å². The first kappa shape index (κ1) is 24.5. The van der Waals surface area contributed by atoms with Crippen molar-refractivity contribution in [2.24, 2.45) is 0 Å². The highest BCUT2D eigenvalue weighted by Gasteiger charge is 2.14. The number of nitrogens with one attached hydrogen (secondary N) is 2. The second-order valence-corrected chi connectivity index (χ2v) is 9.79. The molecule has 0 radical (unpaired) electrons. The van der Waals surface area contributed by atoms with Gasteiger partial charge in [-0.1, -0.05) is 6.07 Å². The van der Waals surface area contributed by atoms with Gasteiger partial charge in [0.2, 0.25) is 11.8 Å². The standard InChI is InChI=1S/C22H26N4O5S2/c1-3-30-22(28)26-33(2,29)17-10-8-16(9-11-17)24-21-23-15-18(19-7-6-14-32-19)20(25-21)31-13-5-4-12-27/h6-11,14-15,27H,2-5,12-13H2,1H3,(H,23,24,25)(H,26,28,29). The minimum atomic E-state index is -3.04. The molecule has 33 heavy (non-hydrogen) atoms. The summed E-state index contributed by atoms with van der Waals surface area (Å²) in [5, 5.41) is 14.0. The van der Waals surface area contributed by atoms with E-state index in [0.29, 0.717) is 41.9 Å². The first-order valence-corrected chi connectivity index (χ1v) is 12.9. The number of aliphatic hydroxyl groups excluding tert-OH is 1. The van der Waals surface area contributed by atoms with Crippen LogP contribution in [-0.2, 0) is 14.4 Å². The highest BCUT2D eigenvalue weighted by atomic mass is 32.2. The van der Waals surface area contributed by atoms with Crippen LogP contribution < -0.4 is 14.8 Å². The van der Waals surface area contributed by atoms with Crippen molar-refractivity contribution in [1.29, 1.82) is 0 Å². The molecule has 1 unspecified atom stereocenters. The largest absolute Gasteiger partial charge is 0.477 e. The van der Waals surface area contributed by atoms with Crippen molar-refractivity contribution in [2.75, 3.05) is 25.1 Å². The molecule has 3 N–H and O–H groups in total. The Bertz CT molecular complexity index is 1150. The number of aliphatic hydroxyl groups is 1. The molecule has 0 aliphatic rings. The summed E-state index contributed by atoms with van der Waals surface area (Å²) < 4.78 is 25.6. The monoisotopic (exact) mass is 490 g/mol. The van der Waals surface area contributed by atoms with Gasteiger partial charge in [0.1, 0.15) is 0 Å². The number of aromatic nitrogens is 2. The Kier molecular flexibility index (Phi) is 8.64. The lowest BCUT2D eigenvalue weighted by molar-refractivity contribution is 0.159. The van der Waals surface area contributed by atoms with Crippen molar-refractivity contribution in [2.45, 2.75) is 24.7 Å². The second-order valence-electron chi connectivity index (χ2n) is 6.82. The smallest absolute Gasteiger partial charge is 0.418 e. The number of anilines is 2. The summed E-state index contributed by atoms with van der Waals surface area (Å²) in [5.74, 6) is 4.38. The predicted molar refractivity (Wildman–Crippen MR) is 131 cm³/mol. The molecule has 9 nitrogen and oxygen atoms in total. The summed E-state index contributed by atoms with van der Waals surface area (Å²) in [7, 11) is -3.04. The quantitative estimate of drug-likeness (QED) is 0.274. The summed E-state index contributed by atoms with van der Waals surface area (Å²) in [6.07, 6.45) is 2.27. The number of carbonyl (C=O) groups excluding carboxylic acids is 1. The van der Waals surface area contributed by atoms with Gasteiger partial charge in [0.25, 0.3) is 0 Å². The van der Waals surface area contributed by atoms with Crippen molar-refractivity contribution in [3.8, 4) is 16.3 Å². The van der Waals surface area contributed by atoms with Crippen LogP contribution in [0.4, 0.5) is 16.4 Å². The minimum Gasteiger partial charge on any atom is -0.477 e. The van der Waals surface area contributed by atoms with Crippen LogP contribution in [0.2, 0.25) is 0 Å². The van der Waals surface area contributed by atoms with Gasteiger partial charge in [0, 0.05) is 28.3 Å². The van der Waals surface area contributed by atoms with E-state index in [2.05, 4.69) is 25.9 Å². The summed E-state index contributed by atoms with van der Waals surface area (Å²) in [4.78, 5) is 21.8. The van der Waals surface area contributed by atoms with E-state index >= 15 is 0 Å². The van der Waals surface area contributed by atoms with Gasteiger partial charge >= 0.3 is 6.09 Å². The molecular formula is C22H26N4O5S2. The highest BCUT2D eigenvalue weighted by Crippen LogP contribution is 2.32. The lowest BCUT2D eigenvalue weighted by Crippen LogP contribution is -2.30. The Hall–Kier alpha value is -3.15. The third kappa shape index (κ3) is 6.91. The van der Waals surface area contributed by atoms with Gasteiger partial charge in [0.05, 0.1) is 28.5 Å². The molecule has 1 atom stereocenters. The third-order valence-corrected chi connectivity index (χ3v) is 6.78. The molecule has 2 aromatic heterocycles. The molecule has 0 bridgehead atoms. The Labute approximate surface area is 197 Å². The number of thiophene rings is 1. The molecule has 0 saturated heterocycles. The van der Waals surface area contributed by atoms with Crippen molar-refractivity contribution >= 4 is 44.6 Å². The maximum absolute atomic E-state index is 12.7. The SMILES string of the molecule is C=S(=O)(NC(=O)OCC)c1ccc(Nc2ncc(-c3cccs3)c(OCCCCO)n2)cc1. The fourth-order valence-corrected chi connectivity index (χ4v) is 4.51. The number of ether oxygens (including phenoxy) is 2. The molecule has 3 rings (SSSR count). The van der Waals surface area contributed by atoms with E-state index < -0.39 is 15.8 Å². The van der Waals surface area contributed by atoms with Gasteiger partial charge in [0.15, 0.2) is 0 Å². The van der Waals surface area contributed by atoms with Crippen LogP contribution in [0, 0.1) is 0 Å². The maximum atomic E-state index is 12.7. The van der Waals surface area contributed by atoms with Gasteiger partial charge in [-0.05, 0) is 61.3 Å². The fourth-order valence-electron chi connectivity index (χ4n) is 2.76. The number of benzene rings is 1. The second kappa shape index (κ2) is 11.6. The lowest BCUT2D eigenvalue weighted by atomic mass is 10.2. The summed E-state index contributed by atoms with van der Waals surface area (Å²) in [5.41, 5.74) is 1.44. The van der Waals surface area contributed by atoms with Gasteiger partial charge < -0.3 is 19.9 Å². The van der Waals surface area contributed by atoms with Gasteiger partial charge in [-0.15, -0.1) is 11.3 Å². The van der Waals surface area contributed by atoms with Crippen LogP contribution in [0.3, 0.4) is 0 Å². The average molecular weight is 491 g/mol. The number of unbranched alkanes of at least 4 members (excludes halogenated alkanes) is 1. The molecule has 3 aromatic rings. The molecule has 0 saturated carbocycles. The molecule has 176 valence electrons. The van der Waals surface area contributed by atoms with Crippen molar-refractivity contribution in [3.05, 3.63) is 48.0 Å². The van der Waals surface area contributed by atoms with Crippen LogP contribution in [0.25, 0.3) is 10.4 Å². The molecular weight excluding hydrogens is 464 g/mol. The van der Waals surface area contributed by atoms with E-state index in [4.69, 9.17) is 14.6 Å². The zero-order chi connectivity index (χ0) is 23.7. The zero-order valence-electron chi connectivity index (χ0n) is 18.2. The van der Waals surface area contributed by atoms with Crippen LogP contribution in [0.1, 0.15) is 19.8 Å². The molecule has 1 amide bonds. The van der Waals surface area contributed by atoms with Crippen molar-refractivity contribution in [3.63, 3.8) is 0 Å². The normalized spacial score (nSPS) is 12.5. The topological polar surface area (TPSA) is 123 Å². The first-order valence-electron chi connectivity index (χ1n) is 10.3. The number of hydrogen-bond acceptors (Lipinski definition) is 9. The highest BCUT2D eigenvalue weighted by molar-refractivity contribution is 7.99. The Morgan fingerprint density at radius 1 is 1.24 bits per heavy atom. The summed E-state index contributed by atoms with van der Waals surface area (Å²) in [6, 6.07) is 10.5. The molecule has 2 heterocycles. The minimum absolute atomic E-state index is 0.114. The van der Waals surface area contributed by atoms with Crippen LogP contribution in [0.15, 0.2) is 52.9 Å². The third-order valence-electron chi connectivity index (χ3n) is 4.35. The first-order chi connectivity index (χ1) is 15.9. The van der Waals surface area contributed by atoms with E-state index in [-0.39, 0.29) is 13.2 Å². The molecule has 0 aliphatic heterocycles. The van der Waals surface area contributed by atoms with Crippen LogP contribution >= 0.6 is 11.3 Å². The van der Waals surface area contributed by atoms with E-state index in [1.807, 2.05) is 17.5 Å². The number of hydrogen-bond donors (Lipinski definition) is 3. The number of carbonyl (C=O) groups is 1. The Morgan fingerprint density at radius 2 is 2.03 bits per heavy atom. The number of nitrogens with zero attached hydrogens (tertiary/aromatic N) is 2. The van der Waals surface area contributed by atoms with Crippen molar-refractivity contribution < 1.29 is 23.6 Å². The fraction of sp³-hybridized carbons (Fsp3) is 0.273. The van der Waals surface area contributed by atoms with E-state index in [0.717, 1.165) is 10.4 Å².